The van der Waals surface area contributed by atoms with Crippen molar-refractivity contribution in [1.82, 2.24) is 0 Å². The van der Waals surface area contributed by atoms with Gasteiger partial charge in [0.05, 0.1) is 6.10 Å². The standard InChI is InChI=1S/C11H16FO4P/c1-3-8(2)16-17(14,15)11(13)9-5-4-6-10(12)7-9/h4-8,11,13H,3H2,1-2H3,(H,14,15). The van der Waals surface area contributed by atoms with E-state index in [1.165, 1.54) is 18.2 Å². The van der Waals surface area contributed by atoms with Crippen LogP contribution in [0.4, 0.5) is 4.39 Å². The number of hydrogen-bond acceptors (Lipinski definition) is 3. The molecule has 2 N–H and O–H groups in total. The third kappa shape index (κ3) is 3.89. The topological polar surface area (TPSA) is 66.8 Å². The van der Waals surface area contributed by atoms with Crippen molar-refractivity contribution in [3.8, 4) is 0 Å². The lowest BCUT2D eigenvalue weighted by Crippen LogP contribution is -2.09. The van der Waals surface area contributed by atoms with E-state index in [0.717, 1.165) is 6.07 Å². The Morgan fingerprint density at radius 1 is 1.53 bits per heavy atom. The molecule has 0 radical (unpaired) electrons. The zero-order valence-electron chi connectivity index (χ0n) is 9.71. The predicted molar refractivity (Wildman–Crippen MR) is 62.0 cm³/mol. The first kappa shape index (κ1) is 14.3. The molecule has 0 aliphatic rings. The maximum absolute atomic E-state index is 12.9. The van der Waals surface area contributed by atoms with Crippen molar-refractivity contribution in [2.75, 3.05) is 0 Å². The van der Waals surface area contributed by atoms with Crippen LogP contribution in [0.25, 0.3) is 0 Å². The van der Waals surface area contributed by atoms with E-state index in [0.29, 0.717) is 6.42 Å². The van der Waals surface area contributed by atoms with Gasteiger partial charge in [0.25, 0.3) is 0 Å². The van der Waals surface area contributed by atoms with Crippen LogP contribution < -0.4 is 0 Å². The van der Waals surface area contributed by atoms with E-state index in [4.69, 9.17) is 4.52 Å². The predicted octanol–water partition coefficient (Wildman–Crippen LogP) is 2.82. The Hall–Kier alpha value is -0.740. The molecule has 3 unspecified atom stereocenters. The van der Waals surface area contributed by atoms with Gasteiger partial charge >= 0.3 is 7.60 Å². The molecule has 1 rings (SSSR count). The molecule has 17 heavy (non-hydrogen) atoms. The molecule has 96 valence electrons. The summed E-state index contributed by atoms with van der Waals surface area (Å²) < 4.78 is 29.6. The molecule has 3 atom stereocenters. The first-order chi connectivity index (χ1) is 7.86. The summed E-state index contributed by atoms with van der Waals surface area (Å²) in [5, 5.41) is 9.71. The fourth-order valence-electron chi connectivity index (χ4n) is 1.25. The van der Waals surface area contributed by atoms with Gasteiger partial charge in [0.2, 0.25) is 0 Å². The number of benzene rings is 1. The molecule has 0 aliphatic heterocycles. The zero-order chi connectivity index (χ0) is 13.1. The summed E-state index contributed by atoms with van der Waals surface area (Å²) in [5.41, 5.74) is 0.0270. The number of halogens is 1. The molecule has 0 saturated heterocycles. The summed E-state index contributed by atoms with van der Waals surface area (Å²) in [6.45, 7) is 3.42. The van der Waals surface area contributed by atoms with Crippen molar-refractivity contribution in [2.24, 2.45) is 0 Å². The Balaban J connectivity index is 2.88. The average Bonchev–Trinajstić information content (AvgIpc) is 2.27. The van der Waals surface area contributed by atoms with Crippen LogP contribution >= 0.6 is 7.60 Å². The Morgan fingerprint density at radius 3 is 2.71 bits per heavy atom. The molecule has 0 bridgehead atoms. The molecule has 0 heterocycles. The van der Waals surface area contributed by atoms with E-state index >= 15 is 0 Å². The van der Waals surface area contributed by atoms with Gasteiger partial charge in [0, 0.05) is 0 Å². The Kier molecular flexibility index (Phi) is 4.83. The molecule has 6 heteroatoms. The Morgan fingerprint density at radius 2 is 2.18 bits per heavy atom. The fraction of sp³-hybridized carbons (Fsp3) is 0.455. The van der Waals surface area contributed by atoms with Crippen LogP contribution in [0, 0.1) is 5.82 Å². The van der Waals surface area contributed by atoms with Gasteiger partial charge in [0.15, 0.2) is 5.85 Å². The molecule has 0 fully saturated rings. The monoisotopic (exact) mass is 262 g/mol. The third-order valence-electron chi connectivity index (χ3n) is 2.36. The number of aliphatic hydroxyl groups excluding tert-OH is 1. The summed E-state index contributed by atoms with van der Waals surface area (Å²) in [7, 11) is -4.21. The highest BCUT2D eigenvalue weighted by atomic mass is 31.2. The molecule has 0 saturated carbocycles. The number of hydrogen-bond donors (Lipinski definition) is 2. The normalized spacial score (nSPS) is 18.4. The van der Waals surface area contributed by atoms with Gasteiger partial charge < -0.3 is 14.5 Å². The van der Waals surface area contributed by atoms with Crippen molar-refractivity contribution < 1.29 is 23.5 Å². The van der Waals surface area contributed by atoms with E-state index in [2.05, 4.69) is 0 Å². The second-order valence-electron chi connectivity index (χ2n) is 3.82. The maximum Gasteiger partial charge on any atom is 0.361 e. The van der Waals surface area contributed by atoms with Crippen LogP contribution in [-0.4, -0.2) is 16.1 Å². The summed E-state index contributed by atoms with van der Waals surface area (Å²) in [6.07, 6.45) is 0.0921. The first-order valence-electron chi connectivity index (χ1n) is 5.31. The largest absolute Gasteiger partial charge is 0.376 e. The summed E-state index contributed by atoms with van der Waals surface area (Å²) in [5.74, 6) is -2.31. The highest BCUT2D eigenvalue weighted by molar-refractivity contribution is 7.53. The van der Waals surface area contributed by atoms with Crippen LogP contribution in [0.5, 0.6) is 0 Å². The number of aliphatic hydroxyl groups is 1. The highest BCUT2D eigenvalue weighted by Gasteiger charge is 2.33. The zero-order valence-corrected chi connectivity index (χ0v) is 10.6. The van der Waals surface area contributed by atoms with Crippen molar-refractivity contribution in [3.63, 3.8) is 0 Å². The van der Waals surface area contributed by atoms with E-state index < -0.39 is 25.4 Å². The van der Waals surface area contributed by atoms with Gasteiger partial charge in [-0.1, -0.05) is 19.1 Å². The van der Waals surface area contributed by atoms with Crippen molar-refractivity contribution >= 4 is 7.60 Å². The smallest absolute Gasteiger partial charge is 0.361 e. The van der Waals surface area contributed by atoms with Gasteiger partial charge in [-0.2, -0.15) is 0 Å². The molecule has 0 spiro atoms. The van der Waals surface area contributed by atoms with Crippen LogP contribution in [0.2, 0.25) is 0 Å². The molecule has 1 aromatic rings. The minimum atomic E-state index is -4.21. The van der Waals surface area contributed by atoms with E-state index in [1.807, 2.05) is 0 Å². The summed E-state index contributed by atoms with van der Waals surface area (Å²) >= 11 is 0. The molecule has 0 aromatic heterocycles. The quantitative estimate of drug-likeness (QED) is 0.801. The van der Waals surface area contributed by atoms with Gasteiger partial charge in [0.1, 0.15) is 5.82 Å². The highest BCUT2D eigenvalue weighted by Crippen LogP contribution is 2.55. The second-order valence-corrected chi connectivity index (χ2v) is 5.65. The summed E-state index contributed by atoms with van der Waals surface area (Å²) in [6, 6.07) is 4.93. The molecule has 0 amide bonds. The minimum absolute atomic E-state index is 0.0270. The maximum atomic E-state index is 12.9. The lowest BCUT2D eigenvalue weighted by Gasteiger charge is -2.21. The van der Waals surface area contributed by atoms with Crippen LogP contribution in [0.3, 0.4) is 0 Å². The lowest BCUT2D eigenvalue weighted by atomic mass is 10.2. The number of rotatable bonds is 5. The third-order valence-corrected chi connectivity index (χ3v) is 3.94. The average molecular weight is 262 g/mol. The van der Waals surface area contributed by atoms with Gasteiger partial charge in [-0.3, -0.25) is 4.57 Å². The molecular weight excluding hydrogens is 246 g/mol. The van der Waals surface area contributed by atoms with Crippen LogP contribution in [0.15, 0.2) is 24.3 Å². The van der Waals surface area contributed by atoms with Crippen LogP contribution in [0.1, 0.15) is 31.7 Å². The van der Waals surface area contributed by atoms with Gasteiger partial charge in [-0.05, 0) is 31.0 Å². The Bertz CT molecular complexity index is 424. The first-order valence-corrected chi connectivity index (χ1v) is 6.96. The molecule has 4 nitrogen and oxygen atoms in total. The lowest BCUT2D eigenvalue weighted by molar-refractivity contribution is 0.137. The molecule has 1 aromatic carbocycles. The van der Waals surface area contributed by atoms with Crippen molar-refractivity contribution in [1.29, 1.82) is 0 Å². The van der Waals surface area contributed by atoms with Gasteiger partial charge in [-0.25, -0.2) is 4.39 Å². The van der Waals surface area contributed by atoms with Crippen molar-refractivity contribution in [3.05, 3.63) is 35.6 Å². The molecule has 0 aliphatic carbocycles. The van der Waals surface area contributed by atoms with E-state index in [1.54, 1.807) is 13.8 Å². The van der Waals surface area contributed by atoms with E-state index in [9.17, 15) is 19.0 Å². The summed E-state index contributed by atoms with van der Waals surface area (Å²) in [4.78, 5) is 9.59. The Labute approximate surface area is 99.6 Å². The van der Waals surface area contributed by atoms with E-state index in [-0.39, 0.29) is 5.56 Å². The second kappa shape index (κ2) is 5.74. The van der Waals surface area contributed by atoms with Gasteiger partial charge in [-0.15, -0.1) is 0 Å². The molecular formula is C11H16FO4P. The van der Waals surface area contributed by atoms with Crippen LogP contribution in [-0.2, 0) is 9.09 Å². The SMILES string of the molecule is CCC(C)OP(=O)(O)C(O)c1cccc(F)c1. The van der Waals surface area contributed by atoms with Crippen molar-refractivity contribution in [2.45, 2.75) is 32.2 Å². The minimum Gasteiger partial charge on any atom is -0.376 e. The fourth-order valence-corrected chi connectivity index (χ4v) is 2.56.